The third-order valence-electron chi connectivity index (χ3n) is 6.11. The van der Waals surface area contributed by atoms with Crippen LogP contribution in [0.5, 0.6) is 0 Å². The fraction of sp³-hybridized carbons (Fsp3) is 0.192. The highest BCUT2D eigenvalue weighted by molar-refractivity contribution is 6.31. The summed E-state index contributed by atoms with van der Waals surface area (Å²) in [5, 5.41) is 4.92. The molecule has 0 bridgehead atoms. The predicted octanol–water partition coefficient (Wildman–Crippen LogP) is 6.62. The summed E-state index contributed by atoms with van der Waals surface area (Å²) in [4.78, 5) is 18.9. The average molecular weight is 430 g/mol. The summed E-state index contributed by atoms with van der Waals surface area (Å²) < 4.78 is 0. The number of carbonyl (C=O) groups is 1. The van der Waals surface area contributed by atoms with Crippen molar-refractivity contribution in [3.8, 4) is 0 Å². The van der Waals surface area contributed by atoms with Gasteiger partial charge in [-0.3, -0.25) is 0 Å². The first-order valence-electron chi connectivity index (χ1n) is 10.5. The molecular formula is C26H24ClN3O. The van der Waals surface area contributed by atoms with E-state index in [4.69, 9.17) is 11.6 Å². The number of halogens is 1. The fourth-order valence-corrected chi connectivity index (χ4v) is 4.60. The van der Waals surface area contributed by atoms with Gasteiger partial charge in [0.15, 0.2) is 0 Å². The van der Waals surface area contributed by atoms with Crippen LogP contribution in [0.15, 0.2) is 66.7 Å². The second-order valence-corrected chi connectivity index (χ2v) is 8.62. The molecule has 1 aliphatic heterocycles. The molecule has 0 radical (unpaired) electrons. The molecule has 156 valence electrons. The van der Waals surface area contributed by atoms with Crippen molar-refractivity contribution in [1.82, 2.24) is 9.88 Å². The first-order valence-corrected chi connectivity index (χ1v) is 10.9. The predicted molar refractivity (Wildman–Crippen MR) is 127 cm³/mol. The largest absolute Gasteiger partial charge is 0.356 e. The van der Waals surface area contributed by atoms with Gasteiger partial charge in [-0.05, 0) is 55.2 Å². The number of nitrogens with one attached hydrogen (secondary N) is 2. The molecule has 3 aromatic carbocycles. The van der Waals surface area contributed by atoms with Crippen molar-refractivity contribution < 1.29 is 4.79 Å². The number of amides is 2. The lowest BCUT2D eigenvalue weighted by atomic mass is 9.92. The van der Waals surface area contributed by atoms with E-state index in [2.05, 4.69) is 59.7 Å². The molecule has 5 rings (SSSR count). The van der Waals surface area contributed by atoms with Crippen molar-refractivity contribution in [3.63, 3.8) is 0 Å². The first kappa shape index (κ1) is 19.7. The summed E-state index contributed by atoms with van der Waals surface area (Å²) in [6.45, 7) is 4.66. The zero-order chi connectivity index (χ0) is 21.5. The number of aromatic nitrogens is 1. The van der Waals surface area contributed by atoms with Gasteiger partial charge in [0.1, 0.15) is 0 Å². The van der Waals surface area contributed by atoms with Crippen molar-refractivity contribution in [1.29, 1.82) is 0 Å². The number of para-hydroxylation sites is 1. The summed E-state index contributed by atoms with van der Waals surface area (Å²) in [6, 6.07) is 22.1. The zero-order valence-electron chi connectivity index (χ0n) is 17.6. The van der Waals surface area contributed by atoms with Gasteiger partial charge in [0.2, 0.25) is 0 Å². The summed E-state index contributed by atoms with van der Waals surface area (Å²) >= 11 is 6.26. The molecule has 4 nitrogen and oxygen atoms in total. The number of anilines is 1. The van der Waals surface area contributed by atoms with Gasteiger partial charge < -0.3 is 15.2 Å². The van der Waals surface area contributed by atoms with Crippen molar-refractivity contribution in [3.05, 3.63) is 99.7 Å². The van der Waals surface area contributed by atoms with Gasteiger partial charge >= 0.3 is 6.03 Å². The molecule has 1 aromatic heterocycles. The smallest absolute Gasteiger partial charge is 0.322 e. The van der Waals surface area contributed by atoms with E-state index in [1.54, 1.807) is 6.07 Å². The summed E-state index contributed by atoms with van der Waals surface area (Å²) in [6.07, 6.45) is 0.809. The van der Waals surface area contributed by atoms with Crippen LogP contribution in [-0.4, -0.2) is 22.5 Å². The number of hydrogen-bond acceptors (Lipinski definition) is 1. The average Bonchev–Trinajstić information content (AvgIpc) is 3.15. The molecule has 0 saturated heterocycles. The second kappa shape index (κ2) is 7.78. The van der Waals surface area contributed by atoms with E-state index in [1.165, 1.54) is 16.5 Å². The minimum Gasteiger partial charge on any atom is -0.356 e. The Labute approximate surface area is 186 Å². The van der Waals surface area contributed by atoms with Crippen molar-refractivity contribution in [2.45, 2.75) is 26.3 Å². The van der Waals surface area contributed by atoms with Crippen LogP contribution in [0, 0.1) is 13.8 Å². The minimum absolute atomic E-state index is 0.130. The minimum atomic E-state index is -0.183. The molecule has 0 fully saturated rings. The maximum atomic E-state index is 13.4. The maximum absolute atomic E-state index is 13.4. The molecule has 2 N–H and O–H groups in total. The van der Waals surface area contributed by atoms with Crippen LogP contribution in [-0.2, 0) is 6.42 Å². The maximum Gasteiger partial charge on any atom is 0.322 e. The number of rotatable bonds is 2. The lowest BCUT2D eigenvalue weighted by Gasteiger charge is -2.36. The van der Waals surface area contributed by atoms with E-state index < -0.39 is 0 Å². The standard InChI is InChI=1S/C26H24ClN3O/c1-16-7-10-18(11-8-16)25-24-21(20-5-3-4-6-23(20)29-24)13-14-30(25)26(31)28-19-12-9-17(2)22(27)15-19/h3-12,15,25,29H,13-14H2,1-2H3,(H,28,31)/t25-/m1/s1. The van der Waals surface area contributed by atoms with E-state index in [9.17, 15) is 4.79 Å². The van der Waals surface area contributed by atoms with Crippen LogP contribution in [0.1, 0.15) is 34.0 Å². The Morgan fingerprint density at radius 2 is 1.84 bits per heavy atom. The highest BCUT2D eigenvalue weighted by atomic mass is 35.5. The molecule has 2 amide bonds. The van der Waals surface area contributed by atoms with Crippen molar-refractivity contribution >= 4 is 34.2 Å². The van der Waals surface area contributed by atoms with Gasteiger partial charge in [-0.15, -0.1) is 0 Å². The third-order valence-corrected chi connectivity index (χ3v) is 6.52. The van der Waals surface area contributed by atoms with Crippen molar-refractivity contribution in [2.24, 2.45) is 0 Å². The van der Waals surface area contributed by atoms with E-state index in [0.717, 1.165) is 28.8 Å². The molecule has 0 aliphatic carbocycles. The van der Waals surface area contributed by atoms with Gasteiger partial charge in [0.05, 0.1) is 6.04 Å². The number of nitrogens with zero attached hydrogens (tertiary/aromatic N) is 1. The Hall–Kier alpha value is -3.24. The molecule has 31 heavy (non-hydrogen) atoms. The number of hydrogen-bond donors (Lipinski definition) is 2. The highest BCUT2D eigenvalue weighted by Gasteiger charge is 2.34. The van der Waals surface area contributed by atoms with E-state index in [0.29, 0.717) is 17.3 Å². The number of fused-ring (bicyclic) bond motifs is 3. The monoisotopic (exact) mass is 429 g/mol. The van der Waals surface area contributed by atoms with Gasteiger partial charge in [0, 0.05) is 33.9 Å². The Balaban J connectivity index is 1.56. The molecule has 0 unspecified atom stereocenters. The highest BCUT2D eigenvalue weighted by Crippen LogP contribution is 2.38. The summed E-state index contributed by atoms with van der Waals surface area (Å²) in [7, 11) is 0. The van der Waals surface area contributed by atoms with Gasteiger partial charge in [0.25, 0.3) is 0 Å². The summed E-state index contributed by atoms with van der Waals surface area (Å²) in [5.41, 5.74) is 7.47. The number of aryl methyl sites for hydroxylation is 2. The van der Waals surface area contributed by atoms with Crippen LogP contribution in [0.2, 0.25) is 5.02 Å². The van der Waals surface area contributed by atoms with Crippen LogP contribution < -0.4 is 5.32 Å². The number of benzene rings is 3. The van der Waals surface area contributed by atoms with Gasteiger partial charge in [-0.25, -0.2) is 4.79 Å². The number of carbonyl (C=O) groups excluding carboxylic acids is 1. The molecule has 2 heterocycles. The molecule has 5 heteroatoms. The van der Waals surface area contributed by atoms with E-state index in [1.807, 2.05) is 30.0 Å². The Bertz CT molecular complexity index is 1280. The quantitative estimate of drug-likeness (QED) is 0.369. The Morgan fingerprint density at radius 3 is 2.61 bits per heavy atom. The van der Waals surface area contributed by atoms with Crippen LogP contribution >= 0.6 is 11.6 Å². The molecule has 1 atom stereocenters. The lowest BCUT2D eigenvalue weighted by Crippen LogP contribution is -2.43. The lowest BCUT2D eigenvalue weighted by molar-refractivity contribution is 0.193. The Kier molecular flexibility index (Phi) is 4.95. The zero-order valence-corrected chi connectivity index (χ0v) is 18.3. The molecule has 4 aromatic rings. The number of H-pyrrole nitrogens is 1. The Morgan fingerprint density at radius 1 is 1.06 bits per heavy atom. The van der Waals surface area contributed by atoms with Gasteiger partial charge in [-0.2, -0.15) is 0 Å². The molecular weight excluding hydrogens is 406 g/mol. The van der Waals surface area contributed by atoms with E-state index >= 15 is 0 Å². The van der Waals surface area contributed by atoms with E-state index in [-0.39, 0.29) is 12.1 Å². The molecule has 0 spiro atoms. The summed E-state index contributed by atoms with van der Waals surface area (Å²) in [5.74, 6) is 0. The molecule has 1 aliphatic rings. The third kappa shape index (κ3) is 3.57. The normalized spacial score (nSPS) is 15.7. The van der Waals surface area contributed by atoms with Crippen LogP contribution in [0.25, 0.3) is 10.9 Å². The number of aromatic amines is 1. The second-order valence-electron chi connectivity index (χ2n) is 8.21. The topological polar surface area (TPSA) is 48.1 Å². The van der Waals surface area contributed by atoms with Crippen LogP contribution in [0.4, 0.5) is 10.5 Å². The van der Waals surface area contributed by atoms with Crippen LogP contribution in [0.3, 0.4) is 0 Å². The number of urea groups is 1. The first-order chi connectivity index (χ1) is 15.0. The molecule has 0 saturated carbocycles. The SMILES string of the molecule is Cc1ccc([C@@H]2c3[nH]c4ccccc4c3CCN2C(=O)Nc2ccc(C)c(Cl)c2)cc1. The fourth-order valence-electron chi connectivity index (χ4n) is 4.42. The van der Waals surface area contributed by atoms with Crippen molar-refractivity contribution in [2.75, 3.05) is 11.9 Å². The van der Waals surface area contributed by atoms with Gasteiger partial charge in [-0.1, -0.05) is 65.7 Å².